The van der Waals surface area contributed by atoms with Crippen molar-refractivity contribution in [2.45, 2.75) is 26.2 Å². The zero-order chi connectivity index (χ0) is 15.2. The van der Waals surface area contributed by atoms with E-state index in [1.807, 2.05) is 17.0 Å². The summed E-state index contributed by atoms with van der Waals surface area (Å²) in [5, 5.41) is 2.81. The van der Waals surface area contributed by atoms with Crippen molar-refractivity contribution < 1.29 is 9.59 Å². The fourth-order valence-corrected chi connectivity index (χ4v) is 2.41. The molecule has 1 saturated heterocycles. The average Bonchev–Trinajstić information content (AvgIpc) is 2.54. The summed E-state index contributed by atoms with van der Waals surface area (Å²) in [4.78, 5) is 26.4. The predicted octanol–water partition coefficient (Wildman–Crippen LogP) is 1.85. The molecule has 21 heavy (non-hydrogen) atoms. The molecule has 1 aliphatic rings. The first-order chi connectivity index (χ1) is 10.1. The molecule has 1 fully saturated rings. The number of nitrogens with zero attached hydrogens (tertiary/aromatic N) is 1. The second-order valence-electron chi connectivity index (χ2n) is 5.52. The number of anilines is 1. The van der Waals surface area contributed by atoms with Gasteiger partial charge in [-0.3, -0.25) is 9.59 Å². The minimum absolute atomic E-state index is 0.00833. The lowest BCUT2D eigenvalue weighted by molar-refractivity contribution is -0.119. The Hall–Kier alpha value is -1.88. The summed E-state index contributed by atoms with van der Waals surface area (Å²) < 4.78 is 0. The van der Waals surface area contributed by atoms with Gasteiger partial charge in [0.1, 0.15) is 0 Å². The number of piperidine rings is 1. The molecule has 0 bridgehead atoms. The van der Waals surface area contributed by atoms with E-state index in [1.165, 1.54) is 6.42 Å². The number of hydrogen-bond acceptors (Lipinski definition) is 3. The van der Waals surface area contributed by atoms with Crippen molar-refractivity contribution in [2.24, 2.45) is 11.7 Å². The maximum absolute atomic E-state index is 12.6. The Labute approximate surface area is 125 Å². The van der Waals surface area contributed by atoms with E-state index in [0.29, 0.717) is 11.3 Å². The first-order valence-corrected chi connectivity index (χ1v) is 7.52. The Morgan fingerprint density at radius 2 is 1.90 bits per heavy atom. The summed E-state index contributed by atoms with van der Waals surface area (Å²) in [6, 6.07) is 7.16. The van der Waals surface area contributed by atoms with Crippen LogP contribution in [0.25, 0.3) is 0 Å². The number of nitrogens with two attached hydrogens (primary N) is 1. The Balaban J connectivity index is 2.16. The first-order valence-electron chi connectivity index (χ1n) is 7.52. The zero-order valence-corrected chi connectivity index (χ0v) is 12.5. The van der Waals surface area contributed by atoms with E-state index in [4.69, 9.17) is 5.73 Å². The van der Waals surface area contributed by atoms with Crippen LogP contribution in [0.15, 0.2) is 24.3 Å². The Morgan fingerprint density at radius 3 is 2.57 bits per heavy atom. The van der Waals surface area contributed by atoms with Crippen LogP contribution in [0.3, 0.4) is 0 Å². The molecule has 1 unspecified atom stereocenters. The fraction of sp³-hybridized carbons (Fsp3) is 0.500. The first kappa shape index (κ1) is 15.5. The number of amides is 2. The van der Waals surface area contributed by atoms with Gasteiger partial charge < -0.3 is 16.0 Å². The fourth-order valence-electron chi connectivity index (χ4n) is 2.41. The Morgan fingerprint density at radius 1 is 1.24 bits per heavy atom. The molecule has 1 aromatic carbocycles. The van der Waals surface area contributed by atoms with Crippen molar-refractivity contribution in [3.05, 3.63) is 29.8 Å². The van der Waals surface area contributed by atoms with Gasteiger partial charge in [-0.05, 0) is 31.4 Å². The van der Waals surface area contributed by atoms with Crippen LogP contribution in [0.4, 0.5) is 5.69 Å². The monoisotopic (exact) mass is 289 g/mol. The van der Waals surface area contributed by atoms with Gasteiger partial charge in [-0.2, -0.15) is 0 Å². The standard InChI is InChI=1S/C16H23N3O2/c1-12(11-17)15(20)18-14-8-4-3-7-13(14)16(21)19-9-5-2-6-10-19/h3-4,7-8,12H,2,5-6,9-11,17H2,1H3,(H,18,20). The van der Waals surface area contributed by atoms with Crippen LogP contribution >= 0.6 is 0 Å². The summed E-state index contributed by atoms with van der Waals surface area (Å²) >= 11 is 0. The summed E-state index contributed by atoms with van der Waals surface area (Å²) in [5.41, 5.74) is 6.63. The molecule has 0 radical (unpaired) electrons. The van der Waals surface area contributed by atoms with Crippen LogP contribution in [-0.4, -0.2) is 36.3 Å². The SMILES string of the molecule is CC(CN)C(=O)Nc1ccccc1C(=O)N1CCCCC1. The molecule has 5 heteroatoms. The number of carbonyl (C=O) groups is 2. The highest BCUT2D eigenvalue weighted by atomic mass is 16.2. The van der Waals surface area contributed by atoms with Gasteiger partial charge in [0.25, 0.3) is 5.91 Å². The topological polar surface area (TPSA) is 75.4 Å². The van der Waals surface area contributed by atoms with Gasteiger partial charge in [0.15, 0.2) is 0 Å². The van der Waals surface area contributed by atoms with Crippen molar-refractivity contribution in [3.8, 4) is 0 Å². The molecule has 114 valence electrons. The summed E-state index contributed by atoms with van der Waals surface area (Å²) in [5.74, 6) is -0.439. The lowest BCUT2D eigenvalue weighted by Crippen LogP contribution is -2.36. The van der Waals surface area contributed by atoms with Gasteiger partial charge >= 0.3 is 0 Å². The van der Waals surface area contributed by atoms with E-state index in [2.05, 4.69) is 5.32 Å². The molecule has 1 aromatic rings. The second-order valence-corrected chi connectivity index (χ2v) is 5.52. The molecule has 0 aliphatic carbocycles. The van der Waals surface area contributed by atoms with E-state index in [1.54, 1.807) is 19.1 Å². The summed E-state index contributed by atoms with van der Waals surface area (Å²) in [7, 11) is 0. The van der Waals surface area contributed by atoms with Crippen molar-refractivity contribution in [3.63, 3.8) is 0 Å². The quantitative estimate of drug-likeness (QED) is 0.888. The molecular formula is C16H23N3O2. The molecule has 2 rings (SSSR count). The number of para-hydroxylation sites is 1. The van der Waals surface area contributed by atoms with Gasteiger partial charge in [-0.1, -0.05) is 19.1 Å². The molecule has 1 atom stereocenters. The summed E-state index contributed by atoms with van der Waals surface area (Å²) in [6.07, 6.45) is 3.27. The highest BCUT2D eigenvalue weighted by Gasteiger charge is 2.21. The van der Waals surface area contributed by atoms with Gasteiger partial charge in [0.05, 0.1) is 11.3 Å². The van der Waals surface area contributed by atoms with Crippen molar-refractivity contribution in [1.82, 2.24) is 4.90 Å². The second kappa shape index (κ2) is 7.22. The number of carbonyl (C=O) groups excluding carboxylic acids is 2. The molecule has 0 aromatic heterocycles. The molecule has 3 N–H and O–H groups in total. The number of likely N-dealkylation sites (tertiary alicyclic amines) is 1. The molecule has 2 amide bonds. The molecule has 0 spiro atoms. The molecule has 5 nitrogen and oxygen atoms in total. The average molecular weight is 289 g/mol. The third-order valence-electron chi connectivity index (χ3n) is 3.86. The zero-order valence-electron chi connectivity index (χ0n) is 12.5. The van der Waals surface area contributed by atoms with Crippen LogP contribution in [0.1, 0.15) is 36.5 Å². The molecule has 0 saturated carbocycles. The van der Waals surface area contributed by atoms with Crippen LogP contribution in [0, 0.1) is 5.92 Å². The van der Waals surface area contributed by atoms with E-state index in [-0.39, 0.29) is 24.3 Å². The summed E-state index contributed by atoms with van der Waals surface area (Å²) in [6.45, 7) is 3.64. The smallest absolute Gasteiger partial charge is 0.255 e. The number of hydrogen-bond donors (Lipinski definition) is 2. The normalized spacial score (nSPS) is 16.4. The third kappa shape index (κ3) is 3.82. The van der Waals surface area contributed by atoms with Crippen molar-refractivity contribution in [2.75, 3.05) is 25.0 Å². The highest BCUT2D eigenvalue weighted by Crippen LogP contribution is 2.20. The predicted molar refractivity (Wildman–Crippen MR) is 83.0 cm³/mol. The largest absolute Gasteiger partial charge is 0.339 e. The van der Waals surface area contributed by atoms with Crippen LogP contribution in [0.5, 0.6) is 0 Å². The maximum atomic E-state index is 12.6. The van der Waals surface area contributed by atoms with E-state index in [0.717, 1.165) is 25.9 Å². The third-order valence-corrected chi connectivity index (χ3v) is 3.86. The van der Waals surface area contributed by atoms with Crippen LogP contribution < -0.4 is 11.1 Å². The van der Waals surface area contributed by atoms with Crippen LogP contribution in [-0.2, 0) is 4.79 Å². The van der Waals surface area contributed by atoms with E-state index in [9.17, 15) is 9.59 Å². The molecule has 1 heterocycles. The number of nitrogens with one attached hydrogen (secondary N) is 1. The van der Waals surface area contributed by atoms with Crippen molar-refractivity contribution >= 4 is 17.5 Å². The number of benzene rings is 1. The Kier molecular flexibility index (Phi) is 5.33. The highest BCUT2D eigenvalue weighted by molar-refractivity contribution is 6.04. The van der Waals surface area contributed by atoms with Crippen molar-refractivity contribution in [1.29, 1.82) is 0 Å². The van der Waals surface area contributed by atoms with Gasteiger partial charge in [-0.25, -0.2) is 0 Å². The maximum Gasteiger partial charge on any atom is 0.255 e. The van der Waals surface area contributed by atoms with Gasteiger partial charge in [0.2, 0.25) is 5.91 Å². The lowest BCUT2D eigenvalue weighted by atomic mass is 10.1. The van der Waals surface area contributed by atoms with E-state index < -0.39 is 0 Å². The van der Waals surface area contributed by atoms with Gasteiger partial charge in [-0.15, -0.1) is 0 Å². The molecular weight excluding hydrogens is 266 g/mol. The Bertz CT molecular complexity index is 510. The number of rotatable bonds is 4. The van der Waals surface area contributed by atoms with Crippen LogP contribution in [0.2, 0.25) is 0 Å². The van der Waals surface area contributed by atoms with Gasteiger partial charge in [0, 0.05) is 25.6 Å². The molecule has 1 aliphatic heterocycles. The minimum Gasteiger partial charge on any atom is -0.339 e. The minimum atomic E-state index is -0.275. The lowest BCUT2D eigenvalue weighted by Gasteiger charge is -2.27. The van der Waals surface area contributed by atoms with E-state index >= 15 is 0 Å².